The van der Waals surface area contributed by atoms with Crippen molar-refractivity contribution in [3.8, 4) is 50.6 Å². The van der Waals surface area contributed by atoms with E-state index in [1.807, 2.05) is 66.7 Å². The van der Waals surface area contributed by atoms with Gasteiger partial charge >= 0.3 is 0 Å². The van der Waals surface area contributed by atoms with Crippen molar-refractivity contribution in [2.45, 2.75) is 0 Å². The van der Waals surface area contributed by atoms with E-state index in [-0.39, 0.29) is 0 Å². The molecule has 0 bridgehead atoms. The molecule has 0 aliphatic carbocycles. The minimum atomic E-state index is 0.627. The lowest BCUT2D eigenvalue weighted by molar-refractivity contribution is 0.669. The van der Waals surface area contributed by atoms with Gasteiger partial charge in [0.25, 0.3) is 0 Å². The molecule has 9 rings (SSSR count). The minimum absolute atomic E-state index is 0.627. The van der Waals surface area contributed by atoms with Crippen LogP contribution in [-0.4, -0.2) is 0 Å². The number of furan rings is 2. The van der Waals surface area contributed by atoms with E-state index in [0.717, 1.165) is 88.4 Å². The maximum Gasteiger partial charge on any atom is 0.143 e. The number of fused-ring (bicyclic) bond motifs is 6. The predicted molar refractivity (Wildman–Crippen MR) is 187 cm³/mol. The molecule has 0 N–H and O–H groups in total. The van der Waals surface area contributed by atoms with Crippen LogP contribution >= 0.6 is 0 Å². The van der Waals surface area contributed by atoms with Gasteiger partial charge in [0, 0.05) is 27.1 Å². The Morgan fingerprint density at radius 3 is 1.78 bits per heavy atom. The van der Waals surface area contributed by atoms with Gasteiger partial charge in [-0.05, 0) is 87.5 Å². The Morgan fingerprint density at radius 1 is 0.370 bits per heavy atom. The summed E-state index contributed by atoms with van der Waals surface area (Å²) in [6.07, 6.45) is 0. The summed E-state index contributed by atoms with van der Waals surface area (Å²) in [7, 11) is 0. The van der Waals surface area contributed by atoms with Gasteiger partial charge in [0.1, 0.15) is 22.3 Å². The highest BCUT2D eigenvalue weighted by Gasteiger charge is 2.17. The summed E-state index contributed by atoms with van der Waals surface area (Å²) < 4.78 is 12.6. The van der Waals surface area contributed by atoms with E-state index >= 15 is 0 Å². The highest BCUT2D eigenvalue weighted by atomic mass is 16.3. The van der Waals surface area contributed by atoms with E-state index in [4.69, 9.17) is 8.83 Å². The topological polar surface area (TPSA) is 50.1 Å². The molecule has 2 heterocycles. The van der Waals surface area contributed by atoms with Crippen LogP contribution in [-0.2, 0) is 0 Å². The van der Waals surface area contributed by atoms with Gasteiger partial charge in [-0.25, -0.2) is 0 Å². The number of para-hydroxylation sites is 3. The summed E-state index contributed by atoms with van der Waals surface area (Å²) in [5, 5.41) is 14.7. The molecular formula is C43H25NO2. The molecule has 0 aliphatic heterocycles. The Bertz CT molecular complexity index is 2650. The zero-order chi connectivity index (χ0) is 30.6. The molecule has 0 radical (unpaired) electrons. The molecule has 214 valence electrons. The van der Waals surface area contributed by atoms with E-state index < -0.39 is 0 Å². The maximum absolute atomic E-state index is 10.4. The first-order chi connectivity index (χ1) is 22.7. The van der Waals surface area contributed by atoms with Crippen molar-refractivity contribution in [3.63, 3.8) is 0 Å². The zero-order valence-corrected chi connectivity index (χ0v) is 24.7. The smallest absolute Gasteiger partial charge is 0.143 e. The molecule has 2 aromatic heterocycles. The number of nitrogens with zero attached hydrogens (tertiary/aromatic N) is 1. The van der Waals surface area contributed by atoms with Crippen LogP contribution in [0.4, 0.5) is 0 Å². The molecule has 0 amide bonds. The molecule has 0 unspecified atom stereocenters. The number of hydrogen-bond acceptors (Lipinski definition) is 3. The predicted octanol–water partition coefficient (Wildman–Crippen LogP) is 12.0. The van der Waals surface area contributed by atoms with Crippen molar-refractivity contribution < 1.29 is 8.83 Å². The first kappa shape index (κ1) is 26.1. The minimum Gasteiger partial charge on any atom is -0.456 e. The van der Waals surface area contributed by atoms with Crippen LogP contribution < -0.4 is 0 Å². The van der Waals surface area contributed by atoms with Crippen molar-refractivity contribution in [3.05, 3.63) is 157 Å². The fraction of sp³-hybridized carbons (Fsp3) is 0. The van der Waals surface area contributed by atoms with E-state index in [1.165, 1.54) is 0 Å². The highest BCUT2D eigenvalue weighted by Crippen LogP contribution is 2.41. The molecule has 9 aromatic rings. The summed E-state index contributed by atoms with van der Waals surface area (Å²) >= 11 is 0. The Kier molecular flexibility index (Phi) is 5.88. The largest absolute Gasteiger partial charge is 0.456 e. The van der Waals surface area contributed by atoms with Gasteiger partial charge in [-0.2, -0.15) is 5.26 Å². The van der Waals surface area contributed by atoms with Crippen molar-refractivity contribution >= 4 is 43.9 Å². The fourth-order valence-corrected chi connectivity index (χ4v) is 6.68. The number of hydrogen-bond donors (Lipinski definition) is 0. The Morgan fingerprint density at radius 2 is 0.978 bits per heavy atom. The van der Waals surface area contributed by atoms with Crippen LogP contribution in [0.2, 0.25) is 0 Å². The third-order valence-electron chi connectivity index (χ3n) is 8.92. The van der Waals surface area contributed by atoms with Crippen LogP contribution in [0, 0.1) is 11.3 Å². The summed E-state index contributed by atoms with van der Waals surface area (Å²) in [6.45, 7) is 0. The van der Waals surface area contributed by atoms with Crippen molar-refractivity contribution in [1.82, 2.24) is 0 Å². The molecule has 0 spiro atoms. The van der Waals surface area contributed by atoms with Gasteiger partial charge in [-0.1, -0.05) is 103 Å². The van der Waals surface area contributed by atoms with E-state index in [9.17, 15) is 5.26 Å². The average molecular weight is 588 g/mol. The van der Waals surface area contributed by atoms with Crippen molar-refractivity contribution in [1.29, 1.82) is 5.26 Å². The Balaban J connectivity index is 1.29. The van der Waals surface area contributed by atoms with Gasteiger partial charge in [0.15, 0.2) is 0 Å². The second kappa shape index (κ2) is 10.4. The van der Waals surface area contributed by atoms with E-state index in [2.05, 4.69) is 91.0 Å². The third kappa shape index (κ3) is 4.20. The van der Waals surface area contributed by atoms with Crippen LogP contribution in [0.1, 0.15) is 5.56 Å². The highest BCUT2D eigenvalue weighted by molar-refractivity contribution is 6.10. The molecular weight excluding hydrogens is 562 g/mol. The standard InChI is InChI=1S/C43H25NO2/c44-26-33-21-28(27-9-2-1-3-10-27)17-19-34(33)31-22-30(29-18-20-42-39(25-29)37-12-5-6-15-40(37)45-42)23-32(24-31)35-13-8-14-38-36-11-4-7-16-41(36)46-43(35)38/h1-25H. The quantitative estimate of drug-likeness (QED) is 0.206. The first-order valence-corrected chi connectivity index (χ1v) is 15.3. The van der Waals surface area contributed by atoms with Gasteiger partial charge in [-0.15, -0.1) is 0 Å². The summed E-state index contributed by atoms with van der Waals surface area (Å²) in [4.78, 5) is 0. The number of nitriles is 1. The SMILES string of the molecule is N#Cc1cc(-c2ccccc2)ccc1-c1cc(-c2ccc3oc4ccccc4c3c2)cc(-c2cccc3c2oc2ccccc23)c1. The second-order valence-electron chi connectivity index (χ2n) is 11.6. The zero-order valence-electron chi connectivity index (χ0n) is 24.7. The van der Waals surface area contributed by atoms with Crippen LogP contribution in [0.15, 0.2) is 160 Å². The molecule has 0 saturated carbocycles. The van der Waals surface area contributed by atoms with Crippen molar-refractivity contribution in [2.24, 2.45) is 0 Å². The molecule has 0 aliphatic rings. The summed E-state index contributed by atoms with van der Waals surface area (Å²) in [5.41, 5.74) is 12.2. The fourth-order valence-electron chi connectivity index (χ4n) is 6.68. The lowest BCUT2D eigenvalue weighted by Crippen LogP contribution is -1.90. The van der Waals surface area contributed by atoms with Gasteiger partial charge in [-0.3, -0.25) is 0 Å². The lowest BCUT2D eigenvalue weighted by atomic mass is 9.90. The molecule has 3 heteroatoms. The van der Waals surface area contributed by atoms with Crippen molar-refractivity contribution in [2.75, 3.05) is 0 Å². The van der Waals surface area contributed by atoms with Crippen LogP contribution in [0.25, 0.3) is 88.4 Å². The van der Waals surface area contributed by atoms with Crippen LogP contribution in [0.5, 0.6) is 0 Å². The Hall–Kier alpha value is -6.37. The summed E-state index contributed by atoms with van der Waals surface area (Å²) in [6, 6.07) is 54.4. The molecule has 0 atom stereocenters. The summed E-state index contributed by atoms with van der Waals surface area (Å²) in [5.74, 6) is 0. The molecule has 3 nitrogen and oxygen atoms in total. The molecule has 0 fully saturated rings. The number of benzene rings is 7. The molecule has 7 aromatic carbocycles. The maximum atomic E-state index is 10.4. The van der Waals surface area contributed by atoms with E-state index in [0.29, 0.717) is 5.56 Å². The monoisotopic (exact) mass is 587 g/mol. The lowest BCUT2D eigenvalue weighted by Gasteiger charge is -2.13. The van der Waals surface area contributed by atoms with Crippen LogP contribution in [0.3, 0.4) is 0 Å². The first-order valence-electron chi connectivity index (χ1n) is 15.3. The second-order valence-corrected chi connectivity index (χ2v) is 11.6. The molecule has 0 saturated heterocycles. The molecule has 46 heavy (non-hydrogen) atoms. The normalized spacial score (nSPS) is 11.5. The third-order valence-corrected chi connectivity index (χ3v) is 8.92. The Labute approximate surface area is 265 Å². The van der Waals surface area contributed by atoms with Gasteiger partial charge in [0.05, 0.1) is 11.6 Å². The van der Waals surface area contributed by atoms with Gasteiger partial charge in [0.2, 0.25) is 0 Å². The van der Waals surface area contributed by atoms with Gasteiger partial charge < -0.3 is 8.83 Å². The number of rotatable bonds is 4. The van der Waals surface area contributed by atoms with E-state index in [1.54, 1.807) is 0 Å². The average Bonchev–Trinajstić information content (AvgIpc) is 3.69.